The predicted octanol–water partition coefficient (Wildman–Crippen LogP) is 5.31. The third-order valence-electron chi connectivity index (χ3n) is 4.72. The van der Waals surface area contributed by atoms with Crippen molar-refractivity contribution < 1.29 is 9.53 Å². The maximum Gasteiger partial charge on any atom is 0.220 e. The van der Waals surface area contributed by atoms with Gasteiger partial charge in [0.25, 0.3) is 0 Å². The average molecular weight is 373 g/mol. The molecule has 3 aromatic rings. The van der Waals surface area contributed by atoms with Crippen LogP contribution in [0, 0.1) is 0 Å². The number of benzene rings is 3. The minimum atomic E-state index is -0.141. The predicted molar refractivity (Wildman–Crippen MR) is 113 cm³/mol. The smallest absolute Gasteiger partial charge is 0.220 e. The number of amides is 1. The van der Waals surface area contributed by atoms with Crippen molar-refractivity contribution in [2.75, 3.05) is 6.61 Å². The molecule has 0 bridgehead atoms. The van der Waals surface area contributed by atoms with Gasteiger partial charge < -0.3 is 10.1 Å². The molecule has 0 fully saturated rings. The fourth-order valence-corrected chi connectivity index (χ4v) is 3.13. The van der Waals surface area contributed by atoms with E-state index in [1.807, 2.05) is 72.8 Å². The van der Waals surface area contributed by atoms with Crippen molar-refractivity contribution in [3.63, 3.8) is 0 Å². The van der Waals surface area contributed by atoms with Gasteiger partial charge in [0.1, 0.15) is 5.75 Å². The molecule has 0 spiro atoms. The van der Waals surface area contributed by atoms with Crippen molar-refractivity contribution in [2.24, 2.45) is 0 Å². The van der Waals surface area contributed by atoms with Crippen LogP contribution in [0.4, 0.5) is 0 Å². The van der Waals surface area contributed by atoms with Crippen LogP contribution in [0.5, 0.6) is 5.75 Å². The fraction of sp³-hybridized carbons (Fsp3) is 0.240. The van der Waals surface area contributed by atoms with Crippen molar-refractivity contribution in [2.45, 2.75) is 32.2 Å². The van der Waals surface area contributed by atoms with Gasteiger partial charge in [0, 0.05) is 6.42 Å². The van der Waals surface area contributed by atoms with E-state index < -0.39 is 0 Å². The van der Waals surface area contributed by atoms with E-state index in [1.165, 1.54) is 5.56 Å². The first-order valence-corrected chi connectivity index (χ1v) is 9.87. The molecule has 0 aromatic heterocycles. The Morgan fingerprint density at radius 1 is 0.857 bits per heavy atom. The zero-order valence-electron chi connectivity index (χ0n) is 16.3. The quantitative estimate of drug-likeness (QED) is 0.516. The van der Waals surface area contributed by atoms with Crippen molar-refractivity contribution in [3.8, 4) is 5.75 Å². The standard InChI is InChI=1S/C25H27NO2/c1-2-20-15-17-23(18-16-20)28-19-9-14-24(27)26-25(21-10-5-3-6-11-21)22-12-7-4-8-13-22/h3-8,10-13,15-18,25H,2,9,14,19H2,1H3,(H,26,27). The summed E-state index contributed by atoms with van der Waals surface area (Å²) in [7, 11) is 0. The van der Waals surface area contributed by atoms with Gasteiger partial charge in [-0.1, -0.05) is 79.7 Å². The van der Waals surface area contributed by atoms with Gasteiger partial charge in [-0.3, -0.25) is 4.79 Å². The van der Waals surface area contributed by atoms with Crippen LogP contribution in [-0.4, -0.2) is 12.5 Å². The van der Waals surface area contributed by atoms with Crippen LogP contribution >= 0.6 is 0 Å². The fourth-order valence-electron chi connectivity index (χ4n) is 3.13. The molecule has 144 valence electrons. The molecule has 0 heterocycles. The summed E-state index contributed by atoms with van der Waals surface area (Å²) in [6.45, 7) is 2.66. The summed E-state index contributed by atoms with van der Waals surface area (Å²) >= 11 is 0. The summed E-state index contributed by atoms with van der Waals surface area (Å²) in [6.07, 6.45) is 2.13. The first-order chi connectivity index (χ1) is 13.8. The Morgan fingerprint density at radius 2 is 1.43 bits per heavy atom. The molecule has 3 heteroatoms. The van der Waals surface area contributed by atoms with E-state index in [0.29, 0.717) is 19.4 Å². The first kappa shape index (κ1) is 19.7. The van der Waals surface area contributed by atoms with Crippen LogP contribution in [-0.2, 0) is 11.2 Å². The maximum absolute atomic E-state index is 12.5. The molecule has 0 aliphatic heterocycles. The van der Waals surface area contributed by atoms with Crippen LogP contribution in [0.1, 0.15) is 42.5 Å². The molecular formula is C25H27NO2. The monoisotopic (exact) mass is 373 g/mol. The number of carbonyl (C=O) groups is 1. The summed E-state index contributed by atoms with van der Waals surface area (Å²) in [5, 5.41) is 3.17. The molecule has 0 saturated heterocycles. The third kappa shape index (κ3) is 5.71. The molecule has 3 rings (SSSR count). The Morgan fingerprint density at radius 3 is 1.96 bits per heavy atom. The average Bonchev–Trinajstić information content (AvgIpc) is 2.76. The second-order valence-electron chi connectivity index (χ2n) is 6.77. The second-order valence-corrected chi connectivity index (χ2v) is 6.77. The van der Waals surface area contributed by atoms with E-state index in [4.69, 9.17) is 4.74 Å². The van der Waals surface area contributed by atoms with E-state index in [2.05, 4.69) is 24.4 Å². The number of nitrogens with one attached hydrogen (secondary N) is 1. The largest absolute Gasteiger partial charge is 0.494 e. The molecule has 1 amide bonds. The SMILES string of the molecule is CCc1ccc(OCCCC(=O)NC(c2ccccc2)c2ccccc2)cc1. The van der Waals surface area contributed by atoms with Gasteiger partial charge in [-0.25, -0.2) is 0 Å². The molecule has 1 N–H and O–H groups in total. The van der Waals surface area contributed by atoms with E-state index in [0.717, 1.165) is 23.3 Å². The molecule has 3 nitrogen and oxygen atoms in total. The van der Waals surface area contributed by atoms with Crippen molar-refractivity contribution in [3.05, 3.63) is 102 Å². The highest BCUT2D eigenvalue weighted by molar-refractivity contribution is 5.77. The van der Waals surface area contributed by atoms with Crippen LogP contribution in [0.3, 0.4) is 0 Å². The lowest BCUT2D eigenvalue weighted by atomic mass is 9.98. The third-order valence-corrected chi connectivity index (χ3v) is 4.72. The summed E-state index contributed by atoms with van der Waals surface area (Å²) in [6, 6.07) is 28.1. The number of hydrogen-bond donors (Lipinski definition) is 1. The maximum atomic E-state index is 12.5. The van der Waals surface area contributed by atoms with Gasteiger partial charge in [-0.2, -0.15) is 0 Å². The topological polar surface area (TPSA) is 38.3 Å². The Bertz CT molecular complexity index is 805. The Kier molecular flexibility index (Phi) is 7.25. The van der Waals surface area contributed by atoms with Gasteiger partial charge in [-0.05, 0) is 41.7 Å². The molecule has 0 aliphatic carbocycles. The number of carbonyl (C=O) groups excluding carboxylic acids is 1. The molecule has 28 heavy (non-hydrogen) atoms. The van der Waals surface area contributed by atoms with Gasteiger partial charge >= 0.3 is 0 Å². The molecule has 0 radical (unpaired) electrons. The molecule has 0 unspecified atom stereocenters. The molecule has 0 aliphatic rings. The summed E-state index contributed by atoms with van der Waals surface area (Å²) in [4.78, 5) is 12.5. The van der Waals surface area contributed by atoms with Crippen LogP contribution in [0.25, 0.3) is 0 Å². The molecule has 0 saturated carbocycles. The van der Waals surface area contributed by atoms with Gasteiger partial charge in [0.15, 0.2) is 0 Å². The zero-order chi connectivity index (χ0) is 19.6. The lowest BCUT2D eigenvalue weighted by Crippen LogP contribution is -2.29. The number of ether oxygens (including phenoxy) is 1. The van der Waals surface area contributed by atoms with Crippen LogP contribution in [0.2, 0.25) is 0 Å². The minimum absolute atomic E-state index is 0.0302. The van der Waals surface area contributed by atoms with Gasteiger partial charge in [0.2, 0.25) is 5.91 Å². The second kappa shape index (κ2) is 10.3. The first-order valence-electron chi connectivity index (χ1n) is 9.87. The highest BCUT2D eigenvalue weighted by Crippen LogP contribution is 2.22. The van der Waals surface area contributed by atoms with Crippen molar-refractivity contribution in [1.82, 2.24) is 5.32 Å². The van der Waals surface area contributed by atoms with E-state index in [-0.39, 0.29) is 11.9 Å². The van der Waals surface area contributed by atoms with Crippen LogP contribution < -0.4 is 10.1 Å². The zero-order valence-corrected chi connectivity index (χ0v) is 16.3. The van der Waals surface area contributed by atoms with Gasteiger partial charge in [0.05, 0.1) is 12.6 Å². The minimum Gasteiger partial charge on any atom is -0.494 e. The molecule has 0 atom stereocenters. The van der Waals surface area contributed by atoms with E-state index >= 15 is 0 Å². The van der Waals surface area contributed by atoms with Crippen molar-refractivity contribution >= 4 is 5.91 Å². The van der Waals surface area contributed by atoms with E-state index in [9.17, 15) is 4.79 Å². The Labute approximate surface area is 167 Å². The number of hydrogen-bond acceptors (Lipinski definition) is 2. The summed E-state index contributed by atoms with van der Waals surface area (Å²) < 4.78 is 5.75. The Hall–Kier alpha value is -3.07. The highest BCUT2D eigenvalue weighted by Gasteiger charge is 2.16. The summed E-state index contributed by atoms with van der Waals surface area (Å²) in [5.74, 6) is 0.881. The lowest BCUT2D eigenvalue weighted by molar-refractivity contribution is -0.121. The van der Waals surface area contributed by atoms with Gasteiger partial charge in [-0.15, -0.1) is 0 Å². The lowest BCUT2D eigenvalue weighted by Gasteiger charge is -2.20. The molecular weight excluding hydrogens is 346 g/mol. The Balaban J connectivity index is 1.52. The number of aryl methyl sites for hydroxylation is 1. The molecule has 3 aromatic carbocycles. The van der Waals surface area contributed by atoms with Crippen molar-refractivity contribution in [1.29, 1.82) is 0 Å². The summed E-state index contributed by atoms with van der Waals surface area (Å²) in [5.41, 5.74) is 3.45. The van der Waals surface area contributed by atoms with Crippen LogP contribution in [0.15, 0.2) is 84.9 Å². The number of rotatable bonds is 9. The normalized spacial score (nSPS) is 10.6. The van der Waals surface area contributed by atoms with E-state index in [1.54, 1.807) is 0 Å². The highest BCUT2D eigenvalue weighted by atomic mass is 16.5.